The van der Waals surface area contributed by atoms with Crippen molar-refractivity contribution >= 4 is 16.5 Å². The minimum absolute atomic E-state index is 0.153. The second-order valence-corrected chi connectivity index (χ2v) is 6.67. The molecule has 0 radical (unpaired) electrons. The zero-order chi connectivity index (χ0) is 17.6. The molecule has 1 aromatic heterocycles. The van der Waals surface area contributed by atoms with E-state index in [9.17, 15) is 4.79 Å². The van der Waals surface area contributed by atoms with Crippen molar-refractivity contribution in [2.75, 3.05) is 5.32 Å². The summed E-state index contributed by atoms with van der Waals surface area (Å²) in [6.07, 6.45) is 0.658. The highest BCUT2D eigenvalue weighted by Gasteiger charge is 2.39. The van der Waals surface area contributed by atoms with Crippen LogP contribution in [0.4, 0.5) is 5.69 Å². The fourth-order valence-corrected chi connectivity index (χ4v) is 4.00. The Bertz CT molecular complexity index is 1100. The predicted molar refractivity (Wildman–Crippen MR) is 103 cm³/mol. The molecule has 0 aliphatic carbocycles. The Labute approximate surface area is 150 Å². The van der Waals surface area contributed by atoms with Crippen LogP contribution in [0, 0.1) is 0 Å². The Morgan fingerprint density at radius 2 is 1.46 bits per heavy atom. The second kappa shape index (κ2) is 5.56. The van der Waals surface area contributed by atoms with Gasteiger partial charge < -0.3 is 5.32 Å². The first kappa shape index (κ1) is 14.9. The molecular weight excluding hydrogens is 322 g/mol. The van der Waals surface area contributed by atoms with Crippen molar-refractivity contribution in [2.24, 2.45) is 0 Å². The highest BCUT2D eigenvalue weighted by atomic mass is 16.1. The van der Waals surface area contributed by atoms with Crippen molar-refractivity contribution in [2.45, 2.75) is 12.0 Å². The number of rotatable bonds is 2. The van der Waals surface area contributed by atoms with Crippen molar-refractivity contribution in [1.29, 1.82) is 0 Å². The summed E-state index contributed by atoms with van der Waals surface area (Å²) in [6, 6.07) is 26.6. The molecule has 2 N–H and O–H groups in total. The molecule has 26 heavy (non-hydrogen) atoms. The molecule has 0 atom stereocenters. The molecule has 0 unspecified atom stereocenters. The third-order valence-electron chi connectivity index (χ3n) is 5.20. The van der Waals surface area contributed by atoms with E-state index in [1.54, 1.807) is 0 Å². The van der Waals surface area contributed by atoms with Gasteiger partial charge in [-0.2, -0.15) is 5.10 Å². The van der Waals surface area contributed by atoms with E-state index in [-0.39, 0.29) is 5.56 Å². The van der Waals surface area contributed by atoms with Gasteiger partial charge in [-0.1, -0.05) is 66.7 Å². The van der Waals surface area contributed by atoms with Crippen LogP contribution in [0.3, 0.4) is 0 Å². The van der Waals surface area contributed by atoms with Gasteiger partial charge >= 0.3 is 0 Å². The summed E-state index contributed by atoms with van der Waals surface area (Å²) in [4.78, 5) is 12.2. The van der Waals surface area contributed by atoms with Crippen molar-refractivity contribution < 1.29 is 0 Å². The molecule has 4 aromatic rings. The molecule has 4 heteroatoms. The number of benzene rings is 3. The number of aromatic nitrogens is 2. The standard InChI is InChI=1S/C22H17N3O/c26-21-17-12-7-13-18-20(17)19(24-25-21)14-22(23-18,15-8-3-1-4-9-15)16-10-5-2-6-11-16/h1-13,23H,14H2,(H,25,26). The number of hydrogen-bond donors (Lipinski definition) is 2. The molecule has 126 valence electrons. The smallest absolute Gasteiger partial charge is 0.272 e. The zero-order valence-corrected chi connectivity index (χ0v) is 14.1. The monoisotopic (exact) mass is 339 g/mol. The molecule has 4 nitrogen and oxygen atoms in total. The van der Waals surface area contributed by atoms with E-state index in [0.717, 1.165) is 16.8 Å². The largest absolute Gasteiger partial charge is 0.371 e. The van der Waals surface area contributed by atoms with Gasteiger partial charge in [0.1, 0.15) is 0 Å². The molecule has 0 fully saturated rings. The first-order valence-electron chi connectivity index (χ1n) is 8.67. The van der Waals surface area contributed by atoms with E-state index >= 15 is 0 Å². The first-order chi connectivity index (χ1) is 12.8. The minimum atomic E-state index is -0.435. The maximum absolute atomic E-state index is 12.2. The van der Waals surface area contributed by atoms with Gasteiger partial charge in [0.25, 0.3) is 5.56 Å². The number of hydrogen-bond acceptors (Lipinski definition) is 3. The zero-order valence-electron chi connectivity index (χ0n) is 14.1. The quantitative estimate of drug-likeness (QED) is 0.583. The molecule has 3 aromatic carbocycles. The van der Waals surface area contributed by atoms with E-state index in [2.05, 4.69) is 64.0 Å². The summed E-state index contributed by atoms with van der Waals surface area (Å²) in [5.74, 6) is 0. The molecule has 0 bridgehead atoms. The number of aromatic amines is 1. The third-order valence-corrected chi connectivity index (χ3v) is 5.20. The van der Waals surface area contributed by atoms with Crippen LogP contribution in [0.2, 0.25) is 0 Å². The summed E-state index contributed by atoms with van der Waals surface area (Å²) in [5, 5.41) is 12.4. The maximum atomic E-state index is 12.2. The van der Waals surface area contributed by atoms with E-state index in [0.29, 0.717) is 11.8 Å². The summed E-state index contributed by atoms with van der Waals surface area (Å²) in [5.41, 5.74) is 3.59. The van der Waals surface area contributed by atoms with E-state index in [1.165, 1.54) is 11.1 Å². The van der Waals surface area contributed by atoms with Crippen LogP contribution in [-0.4, -0.2) is 10.2 Å². The van der Waals surface area contributed by atoms with Crippen molar-refractivity contribution in [1.82, 2.24) is 10.2 Å². The van der Waals surface area contributed by atoms with Gasteiger partial charge in [-0.25, -0.2) is 5.10 Å². The van der Waals surface area contributed by atoms with Gasteiger partial charge in [0.15, 0.2) is 0 Å². The van der Waals surface area contributed by atoms with Gasteiger partial charge in [-0.3, -0.25) is 4.79 Å². The van der Waals surface area contributed by atoms with Gasteiger partial charge in [-0.15, -0.1) is 0 Å². The van der Waals surface area contributed by atoms with Gasteiger partial charge in [0, 0.05) is 17.5 Å². The first-order valence-corrected chi connectivity index (χ1v) is 8.67. The van der Waals surface area contributed by atoms with Gasteiger partial charge in [0.2, 0.25) is 0 Å². The van der Waals surface area contributed by atoms with E-state index in [4.69, 9.17) is 0 Å². The number of nitrogens with zero attached hydrogens (tertiary/aromatic N) is 1. The fourth-order valence-electron chi connectivity index (χ4n) is 4.00. The van der Waals surface area contributed by atoms with Crippen molar-refractivity contribution in [3.63, 3.8) is 0 Å². The highest BCUT2D eigenvalue weighted by molar-refractivity contribution is 5.97. The fraction of sp³-hybridized carbons (Fsp3) is 0.0909. The number of anilines is 1. The molecule has 2 heterocycles. The van der Waals surface area contributed by atoms with Crippen LogP contribution >= 0.6 is 0 Å². The molecule has 0 saturated heterocycles. The lowest BCUT2D eigenvalue weighted by atomic mass is 9.76. The average Bonchev–Trinajstić information content (AvgIpc) is 2.72. The summed E-state index contributed by atoms with van der Waals surface area (Å²) >= 11 is 0. The highest BCUT2D eigenvalue weighted by Crippen LogP contribution is 2.43. The normalized spacial score (nSPS) is 14.8. The van der Waals surface area contributed by atoms with Crippen molar-refractivity contribution in [3.8, 4) is 0 Å². The molecule has 5 rings (SSSR count). The van der Waals surface area contributed by atoms with Crippen LogP contribution < -0.4 is 10.9 Å². The minimum Gasteiger partial charge on any atom is -0.371 e. The summed E-state index contributed by atoms with van der Waals surface area (Å²) in [7, 11) is 0. The lowest BCUT2D eigenvalue weighted by Crippen LogP contribution is -2.42. The topological polar surface area (TPSA) is 57.8 Å². The summed E-state index contributed by atoms with van der Waals surface area (Å²) in [6.45, 7) is 0. The predicted octanol–water partition coefficient (Wildman–Crippen LogP) is 3.83. The summed E-state index contributed by atoms with van der Waals surface area (Å²) < 4.78 is 0. The molecule has 1 aliphatic heterocycles. The van der Waals surface area contributed by atoms with Crippen molar-refractivity contribution in [3.05, 3.63) is 106 Å². The van der Waals surface area contributed by atoms with Gasteiger partial charge in [0.05, 0.1) is 16.6 Å². The Kier molecular flexibility index (Phi) is 3.19. The Balaban J connectivity index is 1.81. The Hall–Kier alpha value is -3.40. The molecule has 0 spiro atoms. The maximum Gasteiger partial charge on any atom is 0.272 e. The lowest BCUT2D eigenvalue weighted by molar-refractivity contribution is 0.566. The van der Waals surface area contributed by atoms with E-state index < -0.39 is 5.54 Å². The van der Waals surface area contributed by atoms with Crippen LogP contribution in [0.1, 0.15) is 16.8 Å². The van der Waals surface area contributed by atoms with Crippen LogP contribution in [0.25, 0.3) is 10.8 Å². The molecular formula is C22H17N3O. The molecule has 1 aliphatic rings. The van der Waals surface area contributed by atoms with Crippen LogP contribution in [-0.2, 0) is 12.0 Å². The Morgan fingerprint density at radius 1 is 0.808 bits per heavy atom. The SMILES string of the molecule is O=c1[nH]nc2c3c(cccc13)NC(c1ccccc1)(c1ccccc1)C2. The van der Waals surface area contributed by atoms with Gasteiger partial charge in [-0.05, 0) is 23.3 Å². The van der Waals surface area contributed by atoms with Crippen LogP contribution in [0.5, 0.6) is 0 Å². The molecule has 0 amide bonds. The van der Waals surface area contributed by atoms with Crippen LogP contribution in [0.15, 0.2) is 83.7 Å². The number of H-pyrrole nitrogens is 1. The number of nitrogens with one attached hydrogen (secondary N) is 2. The Morgan fingerprint density at radius 3 is 2.12 bits per heavy atom. The van der Waals surface area contributed by atoms with E-state index in [1.807, 2.05) is 30.3 Å². The lowest BCUT2D eigenvalue weighted by Gasteiger charge is -2.40. The second-order valence-electron chi connectivity index (χ2n) is 6.67. The molecule has 0 saturated carbocycles. The third kappa shape index (κ3) is 2.09. The average molecular weight is 339 g/mol.